The normalized spacial score (nSPS) is 13.4. The fourth-order valence-electron chi connectivity index (χ4n) is 3.25. The third-order valence-corrected chi connectivity index (χ3v) is 6.05. The number of nitrogens with zero attached hydrogens (tertiary/aromatic N) is 3. The van der Waals surface area contributed by atoms with Gasteiger partial charge in [-0.15, -0.1) is 11.3 Å². The van der Waals surface area contributed by atoms with Crippen molar-refractivity contribution in [3.05, 3.63) is 82.0 Å². The number of urea groups is 1. The molecule has 3 amide bonds. The largest absolute Gasteiger partial charge is 0.347 e. The summed E-state index contributed by atoms with van der Waals surface area (Å²) < 4.78 is 26.7. The van der Waals surface area contributed by atoms with Crippen molar-refractivity contribution in [2.45, 2.75) is 19.6 Å². The van der Waals surface area contributed by atoms with E-state index in [4.69, 9.17) is 0 Å². The van der Waals surface area contributed by atoms with Crippen molar-refractivity contribution >= 4 is 28.3 Å². The van der Waals surface area contributed by atoms with Crippen molar-refractivity contribution in [2.24, 2.45) is 0 Å². The number of benzene rings is 1. The van der Waals surface area contributed by atoms with E-state index >= 15 is 0 Å². The van der Waals surface area contributed by atoms with E-state index in [-0.39, 0.29) is 25.0 Å². The van der Waals surface area contributed by atoms with E-state index in [2.05, 4.69) is 10.3 Å². The Morgan fingerprint density at radius 1 is 1.13 bits per heavy atom. The number of rotatable bonds is 5. The zero-order valence-electron chi connectivity index (χ0n) is 16.1. The van der Waals surface area contributed by atoms with Gasteiger partial charge in [-0.1, -0.05) is 6.07 Å². The molecule has 0 saturated carbocycles. The lowest BCUT2D eigenvalue weighted by molar-refractivity contribution is 0.0955. The van der Waals surface area contributed by atoms with Crippen molar-refractivity contribution in [3.63, 3.8) is 0 Å². The third kappa shape index (κ3) is 4.02. The van der Waals surface area contributed by atoms with Crippen LogP contribution >= 0.6 is 11.3 Å². The highest BCUT2D eigenvalue weighted by Gasteiger charge is 2.31. The lowest BCUT2D eigenvalue weighted by atomic mass is 10.1. The molecule has 0 atom stereocenters. The van der Waals surface area contributed by atoms with Crippen LogP contribution in [0.5, 0.6) is 0 Å². The Bertz CT molecular complexity index is 1100. The molecule has 1 aliphatic rings. The Kier molecular flexibility index (Phi) is 5.45. The van der Waals surface area contributed by atoms with Gasteiger partial charge in [-0.2, -0.15) is 0 Å². The van der Waals surface area contributed by atoms with Crippen LogP contribution in [-0.4, -0.2) is 28.9 Å². The number of hydrogen-bond acceptors (Lipinski definition) is 4. The second-order valence-electron chi connectivity index (χ2n) is 6.93. The number of hydrogen-bond donors (Lipinski definition) is 1. The van der Waals surface area contributed by atoms with Gasteiger partial charge in [0.1, 0.15) is 5.00 Å². The standard InChI is InChI=1S/C21H18F2N4O2S/c1-26-20-15(9-18(30-20)19(28)25-10-13-4-6-24-7-5-13)12-27(21(26)29)11-14-2-3-16(22)17(23)8-14/h2-9H,10-12H2,1H3,(H,25,28). The van der Waals surface area contributed by atoms with Crippen LogP contribution in [0.3, 0.4) is 0 Å². The molecule has 0 saturated heterocycles. The number of pyridine rings is 1. The van der Waals surface area contributed by atoms with E-state index in [1.165, 1.54) is 27.2 Å². The Hall–Kier alpha value is -3.33. The number of carbonyl (C=O) groups is 2. The van der Waals surface area contributed by atoms with Gasteiger partial charge >= 0.3 is 6.03 Å². The molecule has 0 unspecified atom stereocenters. The predicted octanol–water partition coefficient (Wildman–Crippen LogP) is 3.92. The third-order valence-electron chi connectivity index (χ3n) is 4.79. The van der Waals surface area contributed by atoms with E-state index in [0.717, 1.165) is 23.3 Å². The van der Waals surface area contributed by atoms with Crippen LogP contribution in [0.4, 0.5) is 18.6 Å². The van der Waals surface area contributed by atoms with Crippen molar-refractivity contribution < 1.29 is 18.4 Å². The molecule has 6 nitrogen and oxygen atoms in total. The molecule has 3 aromatic rings. The number of anilines is 1. The Labute approximate surface area is 175 Å². The molecule has 1 aromatic carbocycles. The maximum atomic E-state index is 13.5. The van der Waals surface area contributed by atoms with Crippen LogP contribution < -0.4 is 10.2 Å². The van der Waals surface area contributed by atoms with Gasteiger partial charge < -0.3 is 10.2 Å². The van der Waals surface area contributed by atoms with Gasteiger partial charge in [0.05, 0.1) is 11.4 Å². The van der Waals surface area contributed by atoms with Crippen LogP contribution in [0.2, 0.25) is 0 Å². The summed E-state index contributed by atoms with van der Waals surface area (Å²) in [7, 11) is 1.63. The molecule has 0 aliphatic carbocycles. The molecular weight excluding hydrogens is 410 g/mol. The highest BCUT2D eigenvalue weighted by molar-refractivity contribution is 7.18. The monoisotopic (exact) mass is 428 g/mol. The summed E-state index contributed by atoms with van der Waals surface area (Å²) in [4.78, 5) is 32.7. The van der Waals surface area contributed by atoms with Gasteiger partial charge in [-0.3, -0.25) is 14.7 Å². The summed E-state index contributed by atoms with van der Waals surface area (Å²) in [6, 6.07) is 8.73. The molecule has 0 fully saturated rings. The Morgan fingerprint density at radius 3 is 2.63 bits per heavy atom. The predicted molar refractivity (Wildman–Crippen MR) is 109 cm³/mol. The number of amides is 3. The van der Waals surface area contributed by atoms with Crippen molar-refractivity contribution in [1.29, 1.82) is 0 Å². The smallest absolute Gasteiger partial charge is 0.325 e. The average Bonchev–Trinajstić information content (AvgIpc) is 3.18. The minimum Gasteiger partial charge on any atom is -0.347 e. The molecule has 1 aliphatic heterocycles. The van der Waals surface area contributed by atoms with Crippen LogP contribution in [-0.2, 0) is 19.6 Å². The summed E-state index contributed by atoms with van der Waals surface area (Å²) in [5, 5.41) is 3.57. The first-order valence-corrected chi connectivity index (χ1v) is 10.0. The minimum absolute atomic E-state index is 0.138. The fraction of sp³-hybridized carbons (Fsp3) is 0.190. The summed E-state index contributed by atoms with van der Waals surface area (Å²) in [6.07, 6.45) is 3.32. The molecular formula is C21H18F2N4O2S. The number of aromatic nitrogens is 1. The number of thiophene rings is 1. The maximum absolute atomic E-state index is 13.5. The second-order valence-corrected chi connectivity index (χ2v) is 7.96. The van der Waals surface area contributed by atoms with E-state index in [9.17, 15) is 18.4 Å². The summed E-state index contributed by atoms with van der Waals surface area (Å²) in [5.74, 6) is -2.10. The summed E-state index contributed by atoms with van der Waals surface area (Å²) >= 11 is 1.25. The molecule has 154 valence electrons. The number of fused-ring (bicyclic) bond motifs is 1. The van der Waals surface area contributed by atoms with Gasteiger partial charge in [-0.25, -0.2) is 13.6 Å². The molecule has 4 rings (SSSR count). The first-order valence-electron chi connectivity index (χ1n) is 9.18. The molecule has 0 bridgehead atoms. The van der Waals surface area contributed by atoms with Gasteiger partial charge in [0.15, 0.2) is 11.6 Å². The van der Waals surface area contributed by atoms with E-state index in [1.807, 2.05) is 12.1 Å². The van der Waals surface area contributed by atoms with Crippen molar-refractivity contribution in [3.8, 4) is 0 Å². The van der Waals surface area contributed by atoms with Crippen molar-refractivity contribution in [1.82, 2.24) is 15.2 Å². The first-order chi connectivity index (χ1) is 14.4. The molecule has 0 spiro atoms. The molecule has 2 aromatic heterocycles. The quantitative estimate of drug-likeness (QED) is 0.670. The van der Waals surface area contributed by atoms with Crippen LogP contribution in [0.15, 0.2) is 48.8 Å². The first kappa shape index (κ1) is 20.0. The SMILES string of the molecule is CN1C(=O)N(Cc2ccc(F)c(F)c2)Cc2cc(C(=O)NCc3ccncc3)sc21. The van der Waals surface area contributed by atoms with Crippen LogP contribution in [0.1, 0.15) is 26.4 Å². The van der Waals surface area contributed by atoms with Gasteiger partial charge in [-0.05, 0) is 41.5 Å². The lowest BCUT2D eigenvalue weighted by Crippen LogP contribution is -2.43. The Morgan fingerprint density at radius 2 is 1.90 bits per heavy atom. The number of halogens is 2. The minimum atomic E-state index is -0.949. The Balaban J connectivity index is 1.48. The van der Waals surface area contributed by atoms with Gasteiger partial charge in [0.25, 0.3) is 5.91 Å². The number of nitrogens with one attached hydrogen (secondary N) is 1. The van der Waals surface area contributed by atoms with Crippen molar-refractivity contribution in [2.75, 3.05) is 11.9 Å². The van der Waals surface area contributed by atoms with E-state index < -0.39 is 11.6 Å². The zero-order valence-corrected chi connectivity index (χ0v) is 16.9. The van der Waals surface area contributed by atoms with E-state index in [0.29, 0.717) is 22.0 Å². The van der Waals surface area contributed by atoms with Gasteiger partial charge in [0, 0.05) is 38.1 Å². The highest BCUT2D eigenvalue weighted by Crippen LogP contribution is 2.36. The lowest BCUT2D eigenvalue weighted by Gasteiger charge is -2.33. The maximum Gasteiger partial charge on any atom is 0.325 e. The van der Waals surface area contributed by atoms with Crippen LogP contribution in [0, 0.1) is 11.6 Å². The molecule has 3 heterocycles. The topological polar surface area (TPSA) is 65.5 Å². The summed E-state index contributed by atoms with van der Waals surface area (Å²) in [6.45, 7) is 0.797. The van der Waals surface area contributed by atoms with E-state index in [1.54, 1.807) is 25.5 Å². The second kappa shape index (κ2) is 8.19. The molecule has 30 heavy (non-hydrogen) atoms. The fourth-order valence-corrected chi connectivity index (χ4v) is 4.30. The zero-order chi connectivity index (χ0) is 21.3. The molecule has 1 N–H and O–H groups in total. The average molecular weight is 428 g/mol. The molecule has 0 radical (unpaired) electrons. The highest BCUT2D eigenvalue weighted by atomic mass is 32.1. The van der Waals surface area contributed by atoms with Crippen LogP contribution in [0.25, 0.3) is 0 Å². The summed E-state index contributed by atoms with van der Waals surface area (Å²) in [5.41, 5.74) is 2.26. The number of carbonyl (C=O) groups excluding carboxylic acids is 2. The molecule has 9 heteroatoms. The van der Waals surface area contributed by atoms with Gasteiger partial charge in [0.2, 0.25) is 0 Å².